The van der Waals surface area contributed by atoms with Gasteiger partial charge in [0.2, 0.25) is 5.88 Å². The highest BCUT2D eigenvalue weighted by molar-refractivity contribution is 5.46. The lowest BCUT2D eigenvalue weighted by molar-refractivity contribution is 0.0962. The van der Waals surface area contributed by atoms with Gasteiger partial charge in [0.25, 0.3) is 0 Å². The van der Waals surface area contributed by atoms with Gasteiger partial charge in [-0.3, -0.25) is 0 Å². The summed E-state index contributed by atoms with van der Waals surface area (Å²) in [5.74, 6) is 1.41. The van der Waals surface area contributed by atoms with Crippen LogP contribution in [-0.4, -0.2) is 36.8 Å². The first-order chi connectivity index (χ1) is 8.29. The third-order valence-electron chi connectivity index (χ3n) is 2.38. The van der Waals surface area contributed by atoms with E-state index in [9.17, 15) is 0 Å². The van der Waals surface area contributed by atoms with E-state index in [-0.39, 0.29) is 0 Å². The molecule has 1 rings (SSSR count). The molecule has 17 heavy (non-hydrogen) atoms. The van der Waals surface area contributed by atoms with Crippen LogP contribution in [0, 0.1) is 6.92 Å². The Labute approximate surface area is 103 Å². The Morgan fingerprint density at radius 1 is 1.24 bits per heavy atom. The van der Waals surface area contributed by atoms with Crippen LogP contribution < -0.4 is 10.1 Å². The van der Waals surface area contributed by atoms with Crippen LogP contribution in [0.5, 0.6) is 5.88 Å². The van der Waals surface area contributed by atoms with Crippen LogP contribution in [-0.2, 0) is 4.74 Å². The molecule has 0 aliphatic carbocycles. The van der Waals surface area contributed by atoms with Crippen molar-refractivity contribution in [1.82, 2.24) is 9.97 Å². The van der Waals surface area contributed by atoms with Crippen LogP contribution in [0.15, 0.2) is 6.33 Å². The van der Waals surface area contributed by atoms with Gasteiger partial charge in [-0.15, -0.1) is 0 Å². The summed E-state index contributed by atoms with van der Waals surface area (Å²) in [4.78, 5) is 8.18. The summed E-state index contributed by atoms with van der Waals surface area (Å²) < 4.78 is 11.0. The molecule has 0 saturated heterocycles. The molecule has 0 fully saturated rings. The molecule has 0 unspecified atom stereocenters. The van der Waals surface area contributed by atoms with Gasteiger partial charge in [0.05, 0.1) is 12.2 Å². The average Bonchev–Trinajstić information content (AvgIpc) is 2.35. The third kappa shape index (κ3) is 4.56. The molecule has 96 valence electrons. The standard InChI is InChI=1S/C12H21N3O2/c1-4-5-6-16-7-8-17-12-10(2)11(13-3)14-9-15-12/h9H,4-8H2,1-3H3,(H,13,14,15). The number of aromatic nitrogens is 2. The fraction of sp³-hybridized carbons (Fsp3) is 0.667. The Hall–Kier alpha value is -1.36. The normalized spacial score (nSPS) is 10.3. The quantitative estimate of drug-likeness (QED) is 0.703. The maximum Gasteiger partial charge on any atom is 0.221 e. The Morgan fingerprint density at radius 2 is 2.06 bits per heavy atom. The van der Waals surface area contributed by atoms with Crippen LogP contribution in [0.1, 0.15) is 25.3 Å². The summed E-state index contributed by atoms with van der Waals surface area (Å²) in [7, 11) is 1.83. The first kappa shape index (κ1) is 13.7. The maximum absolute atomic E-state index is 5.54. The SMILES string of the molecule is CCCCOCCOc1ncnc(NC)c1C. The highest BCUT2D eigenvalue weighted by Crippen LogP contribution is 2.19. The molecule has 0 amide bonds. The van der Waals surface area contributed by atoms with E-state index in [1.807, 2.05) is 14.0 Å². The minimum Gasteiger partial charge on any atom is -0.475 e. The molecule has 1 aromatic heterocycles. The Kier molecular flexibility index (Phi) is 6.32. The van der Waals surface area contributed by atoms with Crippen molar-refractivity contribution in [3.63, 3.8) is 0 Å². The zero-order chi connectivity index (χ0) is 12.5. The van der Waals surface area contributed by atoms with Gasteiger partial charge in [-0.1, -0.05) is 13.3 Å². The topological polar surface area (TPSA) is 56.3 Å². The van der Waals surface area contributed by atoms with Gasteiger partial charge in [-0.05, 0) is 13.3 Å². The fourth-order valence-electron chi connectivity index (χ4n) is 1.38. The van der Waals surface area contributed by atoms with Crippen molar-refractivity contribution in [2.24, 2.45) is 0 Å². The predicted octanol–water partition coefficient (Wildman–Crippen LogP) is 2.02. The first-order valence-electron chi connectivity index (χ1n) is 5.99. The molecule has 0 aromatic carbocycles. The van der Waals surface area contributed by atoms with E-state index in [0.717, 1.165) is 30.8 Å². The first-order valence-corrected chi connectivity index (χ1v) is 5.99. The lowest BCUT2D eigenvalue weighted by Gasteiger charge is -2.10. The molecule has 5 heteroatoms. The van der Waals surface area contributed by atoms with Crippen molar-refractivity contribution in [3.05, 3.63) is 11.9 Å². The van der Waals surface area contributed by atoms with Gasteiger partial charge in [0.1, 0.15) is 18.8 Å². The van der Waals surface area contributed by atoms with Crippen LogP contribution in [0.3, 0.4) is 0 Å². The summed E-state index contributed by atoms with van der Waals surface area (Å²) >= 11 is 0. The van der Waals surface area contributed by atoms with E-state index >= 15 is 0 Å². The molecule has 1 aromatic rings. The Balaban J connectivity index is 2.31. The molecule has 0 atom stereocenters. The molecule has 1 heterocycles. The second kappa shape index (κ2) is 7.84. The predicted molar refractivity (Wildman–Crippen MR) is 67.5 cm³/mol. The van der Waals surface area contributed by atoms with E-state index in [0.29, 0.717) is 19.1 Å². The van der Waals surface area contributed by atoms with Crippen LogP contribution in [0.4, 0.5) is 5.82 Å². The number of ether oxygens (including phenoxy) is 2. The zero-order valence-electron chi connectivity index (χ0n) is 10.8. The summed E-state index contributed by atoms with van der Waals surface area (Å²) in [6.45, 7) is 5.98. The summed E-state index contributed by atoms with van der Waals surface area (Å²) in [5.41, 5.74) is 0.920. The molecular weight excluding hydrogens is 218 g/mol. The molecule has 0 bridgehead atoms. The third-order valence-corrected chi connectivity index (χ3v) is 2.38. The summed E-state index contributed by atoms with van der Waals surface area (Å²) in [6.07, 6.45) is 3.74. The lowest BCUT2D eigenvalue weighted by atomic mass is 10.3. The fourth-order valence-corrected chi connectivity index (χ4v) is 1.38. The zero-order valence-corrected chi connectivity index (χ0v) is 10.8. The van der Waals surface area contributed by atoms with Crippen molar-refractivity contribution in [3.8, 4) is 5.88 Å². The molecule has 1 N–H and O–H groups in total. The maximum atomic E-state index is 5.54. The van der Waals surface area contributed by atoms with E-state index in [2.05, 4.69) is 22.2 Å². The number of nitrogens with one attached hydrogen (secondary N) is 1. The van der Waals surface area contributed by atoms with Crippen molar-refractivity contribution in [2.45, 2.75) is 26.7 Å². The second-order valence-electron chi connectivity index (χ2n) is 3.72. The van der Waals surface area contributed by atoms with Gasteiger partial charge in [0.15, 0.2) is 0 Å². The number of hydrogen-bond acceptors (Lipinski definition) is 5. The molecule has 0 radical (unpaired) electrons. The van der Waals surface area contributed by atoms with Gasteiger partial charge < -0.3 is 14.8 Å². The monoisotopic (exact) mass is 239 g/mol. The van der Waals surface area contributed by atoms with Crippen LogP contribution in [0.25, 0.3) is 0 Å². The number of anilines is 1. The number of nitrogens with zero attached hydrogens (tertiary/aromatic N) is 2. The smallest absolute Gasteiger partial charge is 0.221 e. The molecule has 0 saturated carbocycles. The largest absolute Gasteiger partial charge is 0.475 e. The van der Waals surface area contributed by atoms with Crippen LogP contribution >= 0.6 is 0 Å². The van der Waals surface area contributed by atoms with E-state index in [1.165, 1.54) is 6.33 Å². The van der Waals surface area contributed by atoms with E-state index in [1.54, 1.807) is 0 Å². The minimum atomic E-state index is 0.519. The Bertz CT molecular complexity index is 332. The van der Waals surface area contributed by atoms with Gasteiger partial charge in [-0.25, -0.2) is 9.97 Å². The van der Waals surface area contributed by atoms with E-state index in [4.69, 9.17) is 9.47 Å². The van der Waals surface area contributed by atoms with Crippen molar-refractivity contribution < 1.29 is 9.47 Å². The van der Waals surface area contributed by atoms with Gasteiger partial charge in [0, 0.05) is 13.7 Å². The highest BCUT2D eigenvalue weighted by Gasteiger charge is 2.06. The molecule has 0 aliphatic heterocycles. The van der Waals surface area contributed by atoms with Gasteiger partial charge in [-0.2, -0.15) is 0 Å². The molecular formula is C12H21N3O2. The molecule has 0 aliphatic rings. The molecule has 0 spiro atoms. The van der Waals surface area contributed by atoms with Crippen molar-refractivity contribution in [1.29, 1.82) is 0 Å². The second-order valence-corrected chi connectivity index (χ2v) is 3.72. The molecule has 5 nitrogen and oxygen atoms in total. The van der Waals surface area contributed by atoms with Gasteiger partial charge >= 0.3 is 0 Å². The van der Waals surface area contributed by atoms with Crippen LogP contribution in [0.2, 0.25) is 0 Å². The summed E-state index contributed by atoms with van der Waals surface area (Å²) in [6, 6.07) is 0. The Morgan fingerprint density at radius 3 is 2.76 bits per heavy atom. The van der Waals surface area contributed by atoms with E-state index < -0.39 is 0 Å². The number of unbranched alkanes of at least 4 members (excludes halogenated alkanes) is 1. The van der Waals surface area contributed by atoms with Crippen molar-refractivity contribution in [2.75, 3.05) is 32.2 Å². The average molecular weight is 239 g/mol. The lowest BCUT2D eigenvalue weighted by Crippen LogP contribution is -2.10. The minimum absolute atomic E-state index is 0.519. The van der Waals surface area contributed by atoms with Crippen molar-refractivity contribution >= 4 is 5.82 Å². The number of hydrogen-bond donors (Lipinski definition) is 1. The highest BCUT2D eigenvalue weighted by atomic mass is 16.5. The number of rotatable bonds is 8. The summed E-state index contributed by atoms with van der Waals surface area (Å²) in [5, 5.41) is 2.99.